The lowest BCUT2D eigenvalue weighted by atomic mass is 10.2. The normalized spacial score (nSPS) is 10.7. The van der Waals surface area contributed by atoms with Crippen molar-refractivity contribution in [3.63, 3.8) is 0 Å². The zero-order valence-electron chi connectivity index (χ0n) is 19.4. The predicted octanol–water partition coefficient (Wildman–Crippen LogP) is 6.33. The van der Waals surface area contributed by atoms with Crippen LogP contribution in [-0.4, -0.2) is 24.1 Å². The summed E-state index contributed by atoms with van der Waals surface area (Å²) in [7, 11) is 0. The smallest absolute Gasteiger partial charge is 0.343 e. The first-order valence-electron chi connectivity index (χ1n) is 11.0. The number of carbonyl (C=O) groups is 3. The monoisotopic (exact) mass is 550 g/mol. The van der Waals surface area contributed by atoms with E-state index in [1.807, 2.05) is 0 Å². The number of hydrazone groups is 1. The van der Waals surface area contributed by atoms with E-state index in [-0.39, 0.29) is 33.8 Å². The second-order valence-corrected chi connectivity index (χ2v) is 8.57. The van der Waals surface area contributed by atoms with Crippen molar-refractivity contribution in [3.8, 4) is 11.5 Å². The minimum atomic E-state index is -0.701. The second kappa shape index (κ2) is 12.1. The van der Waals surface area contributed by atoms with Crippen molar-refractivity contribution < 1.29 is 28.2 Å². The number of carbonyl (C=O) groups excluding carboxylic acids is 3. The van der Waals surface area contributed by atoms with Crippen LogP contribution in [0.2, 0.25) is 10.0 Å². The number of halogens is 3. The van der Waals surface area contributed by atoms with Gasteiger partial charge in [0.2, 0.25) is 0 Å². The van der Waals surface area contributed by atoms with Crippen molar-refractivity contribution in [2.75, 3.05) is 0 Å². The molecule has 10 heteroatoms. The van der Waals surface area contributed by atoms with Gasteiger partial charge in [-0.1, -0.05) is 23.2 Å². The second-order valence-electron chi connectivity index (χ2n) is 7.70. The van der Waals surface area contributed by atoms with Gasteiger partial charge in [0.15, 0.2) is 0 Å². The van der Waals surface area contributed by atoms with E-state index in [1.54, 1.807) is 12.1 Å². The highest BCUT2D eigenvalue weighted by Crippen LogP contribution is 2.26. The molecule has 0 atom stereocenters. The zero-order valence-corrected chi connectivity index (χ0v) is 20.9. The lowest BCUT2D eigenvalue weighted by Gasteiger charge is -2.11. The van der Waals surface area contributed by atoms with Crippen LogP contribution in [-0.2, 0) is 0 Å². The Balaban J connectivity index is 1.56. The molecule has 0 unspecified atom stereocenters. The third kappa shape index (κ3) is 7.03. The Kier molecular flexibility index (Phi) is 8.47. The van der Waals surface area contributed by atoms with Crippen LogP contribution in [0.3, 0.4) is 0 Å². The maximum absolute atomic E-state index is 13.1. The Morgan fingerprint density at radius 1 is 0.711 bits per heavy atom. The molecular formula is C28H17Cl2FN2O5. The van der Waals surface area contributed by atoms with Gasteiger partial charge >= 0.3 is 11.9 Å². The molecule has 0 spiro atoms. The molecule has 7 nitrogen and oxygen atoms in total. The first-order valence-corrected chi connectivity index (χ1v) is 11.7. The van der Waals surface area contributed by atoms with E-state index in [1.165, 1.54) is 72.9 Å². The molecule has 1 amide bonds. The van der Waals surface area contributed by atoms with Crippen molar-refractivity contribution in [1.82, 2.24) is 5.43 Å². The number of nitrogens with one attached hydrogen (secondary N) is 1. The third-order valence-electron chi connectivity index (χ3n) is 5.03. The maximum Gasteiger partial charge on any atom is 0.343 e. The molecule has 0 fully saturated rings. The molecule has 0 aliphatic rings. The Morgan fingerprint density at radius 3 is 1.82 bits per heavy atom. The van der Waals surface area contributed by atoms with Crippen LogP contribution < -0.4 is 14.9 Å². The number of hydrogen-bond donors (Lipinski definition) is 1. The van der Waals surface area contributed by atoms with E-state index in [2.05, 4.69) is 10.5 Å². The SMILES string of the molecule is O=C(NN=Cc1ccc(OC(=O)c2ccc(Cl)cc2)cc1OC(=O)c1ccc(Cl)cc1)c1ccc(F)cc1. The molecule has 38 heavy (non-hydrogen) atoms. The number of nitrogens with zero attached hydrogens (tertiary/aromatic N) is 1. The van der Waals surface area contributed by atoms with Gasteiger partial charge in [0.1, 0.15) is 17.3 Å². The number of rotatable bonds is 7. The van der Waals surface area contributed by atoms with E-state index in [4.69, 9.17) is 32.7 Å². The molecule has 0 aliphatic carbocycles. The average molecular weight is 551 g/mol. The van der Waals surface area contributed by atoms with Crippen molar-refractivity contribution in [2.45, 2.75) is 0 Å². The summed E-state index contributed by atoms with van der Waals surface area (Å²) in [6.45, 7) is 0. The largest absolute Gasteiger partial charge is 0.423 e. The highest BCUT2D eigenvalue weighted by Gasteiger charge is 2.15. The maximum atomic E-state index is 13.1. The average Bonchev–Trinajstić information content (AvgIpc) is 2.91. The lowest BCUT2D eigenvalue weighted by molar-refractivity contribution is 0.0732. The van der Waals surface area contributed by atoms with Crippen LogP contribution in [0.5, 0.6) is 11.5 Å². The molecule has 4 rings (SSSR count). The fourth-order valence-electron chi connectivity index (χ4n) is 3.10. The van der Waals surface area contributed by atoms with Gasteiger partial charge in [0.25, 0.3) is 5.91 Å². The van der Waals surface area contributed by atoms with Crippen molar-refractivity contribution in [3.05, 3.63) is 129 Å². The van der Waals surface area contributed by atoms with Gasteiger partial charge in [0, 0.05) is 27.2 Å². The quantitative estimate of drug-likeness (QED) is 0.125. The van der Waals surface area contributed by atoms with Crippen molar-refractivity contribution in [2.24, 2.45) is 5.10 Å². The van der Waals surface area contributed by atoms with Gasteiger partial charge in [-0.15, -0.1) is 0 Å². The highest BCUT2D eigenvalue weighted by atomic mass is 35.5. The van der Waals surface area contributed by atoms with Gasteiger partial charge in [0.05, 0.1) is 17.3 Å². The van der Waals surface area contributed by atoms with Crippen LogP contribution in [0, 0.1) is 5.82 Å². The third-order valence-corrected chi connectivity index (χ3v) is 5.54. The van der Waals surface area contributed by atoms with Crippen LogP contribution in [0.1, 0.15) is 36.6 Å². The van der Waals surface area contributed by atoms with Crippen LogP contribution >= 0.6 is 23.2 Å². The van der Waals surface area contributed by atoms with E-state index >= 15 is 0 Å². The molecular weight excluding hydrogens is 534 g/mol. The van der Waals surface area contributed by atoms with Crippen molar-refractivity contribution in [1.29, 1.82) is 0 Å². The molecule has 4 aromatic rings. The molecule has 0 bridgehead atoms. The minimum Gasteiger partial charge on any atom is -0.423 e. The Morgan fingerprint density at radius 2 is 1.24 bits per heavy atom. The molecule has 0 aromatic heterocycles. The zero-order chi connectivity index (χ0) is 27.1. The van der Waals surface area contributed by atoms with Crippen LogP contribution in [0.4, 0.5) is 4.39 Å². The Bertz CT molecular complexity index is 1510. The Hall–Kier alpha value is -4.53. The molecule has 0 aliphatic heterocycles. The predicted molar refractivity (Wildman–Crippen MR) is 141 cm³/mol. The molecule has 1 N–H and O–H groups in total. The van der Waals surface area contributed by atoms with Crippen LogP contribution in [0.25, 0.3) is 0 Å². The van der Waals surface area contributed by atoms with E-state index in [0.717, 1.165) is 12.1 Å². The number of amides is 1. The van der Waals surface area contributed by atoms with Crippen molar-refractivity contribution >= 4 is 47.3 Å². The molecule has 4 aromatic carbocycles. The van der Waals surface area contributed by atoms with Gasteiger partial charge in [-0.05, 0) is 84.9 Å². The minimum absolute atomic E-state index is 0.00568. The molecule has 0 saturated carbocycles. The molecule has 0 heterocycles. The summed E-state index contributed by atoms with van der Waals surface area (Å²) in [6, 6.07) is 21.4. The highest BCUT2D eigenvalue weighted by molar-refractivity contribution is 6.31. The van der Waals surface area contributed by atoms with Gasteiger partial charge in [-0.2, -0.15) is 5.10 Å². The first kappa shape index (κ1) is 26.5. The summed E-state index contributed by atoms with van der Waals surface area (Å²) in [6.07, 6.45) is 1.25. The first-order chi connectivity index (χ1) is 18.3. The molecule has 0 saturated heterocycles. The topological polar surface area (TPSA) is 94.1 Å². The Labute approximate surface area is 226 Å². The summed E-state index contributed by atoms with van der Waals surface area (Å²) in [4.78, 5) is 37.5. The summed E-state index contributed by atoms with van der Waals surface area (Å²) < 4.78 is 24.0. The van der Waals surface area contributed by atoms with E-state index in [9.17, 15) is 18.8 Å². The number of ether oxygens (including phenoxy) is 2. The molecule has 0 radical (unpaired) electrons. The fourth-order valence-corrected chi connectivity index (χ4v) is 3.35. The summed E-state index contributed by atoms with van der Waals surface area (Å²) in [5.74, 6) is -2.30. The number of esters is 2. The van der Waals surface area contributed by atoms with E-state index in [0.29, 0.717) is 10.0 Å². The number of benzene rings is 4. The summed E-state index contributed by atoms with van der Waals surface area (Å²) in [5.41, 5.74) is 3.30. The standard InChI is InChI=1S/C28H17Cl2FN2O5/c29-21-8-1-18(2-9-21)27(35)37-24-14-7-20(16-32-33-26(34)17-5-12-23(31)13-6-17)25(15-24)38-28(36)19-3-10-22(30)11-4-19/h1-16H,(H,33,34). The summed E-state index contributed by atoms with van der Waals surface area (Å²) >= 11 is 11.7. The fraction of sp³-hybridized carbons (Fsp3) is 0. The molecule has 190 valence electrons. The van der Waals surface area contributed by atoms with Gasteiger partial charge in [-0.25, -0.2) is 19.4 Å². The van der Waals surface area contributed by atoms with Gasteiger partial charge < -0.3 is 9.47 Å². The van der Waals surface area contributed by atoms with Crippen LogP contribution in [0.15, 0.2) is 96.1 Å². The van der Waals surface area contributed by atoms with Gasteiger partial charge in [-0.3, -0.25) is 4.79 Å². The summed E-state index contributed by atoms with van der Waals surface area (Å²) in [5, 5.41) is 4.80. The van der Waals surface area contributed by atoms with E-state index < -0.39 is 23.7 Å². The number of hydrogen-bond acceptors (Lipinski definition) is 6. The lowest BCUT2D eigenvalue weighted by Crippen LogP contribution is -2.17.